The second-order valence-electron chi connectivity index (χ2n) is 10.7. The van der Waals surface area contributed by atoms with E-state index in [2.05, 4.69) is 4.74 Å². The number of hydrogen-bond donors (Lipinski definition) is 1. The van der Waals surface area contributed by atoms with Crippen molar-refractivity contribution >= 4 is 29.5 Å². The van der Waals surface area contributed by atoms with E-state index in [-0.39, 0.29) is 46.9 Å². The fourth-order valence-electron chi connectivity index (χ4n) is 6.61. The molecule has 208 valence electrons. The van der Waals surface area contributed by atoms with E-state index < -0.39 is 41.6 Å². The van der Waals surface area contributed by atoms with Gasteiger partial charge in [-0.3, -0.25) is 19.2 Å². The molecule has 2 aromatic carbocycles. The zero-order chi connectivity index (χ0) is 29.0. The number of nitrogens with zero attached hydrogens (tertiary/aromatic N) is 1. The standard InChI is InChI=1S/C32H27NO8/c1-16-12-25(35)28-23(29(16)36)14-22-19(10-11-21-27(22)31(38)33(30(21)37)32(39)40-2)26(28)20-9-8-18(13-24(20)34)41-15-17-6-4-3-5-7-17/h3-10,12-13,21-22,26-27,34H,11,14-15H2,1-2H3/t21-,22+,26+,27-/m0/s1. The molecule has 0 aromatic heterocycles. The van der Waals surface area contributed by atoms with E-state index >= 15 is 0 Å². The van der Waals surface area contributed by atoms with Crippen molar-refractivity contribution in [2.75, 3.05) is 7.11 Å². The highest BCUT2D eigenvalue weighted by Crippen LogP contribution is 2.56. The molecular formula is C32H27NO8. The number of allylic oxidation sites excluding steroid dienone is 6. The van der Waals surface area contributed by atoms with Crippen LogP contribution in [0, 0.1) is 17.8 Å². The number of Topliss-reactive ketones (excluding diaryl/α,β-unsaturated/α-hetero) is 1. The van der Waals surface area contributed by atoms with Crippen LogP contribution in [0.1, 0.15) is 36.8 Å². The molecule has 41 heavy (non-hydrogen) atoms. The number of aromatic hydroxyl groups is 1. The van der Waals surface area contributed by atoms with Gasteiger partial charge in [-0.2, -0.15) is 4.90 Å². The van der Waals surface area contributed by atoms with Gasteiger partial charge < -0.3 is 14.6 Å². The first-order chi connectivity index (χ1) is 19.7. The summed E-state index contributed by atoms with van der Waals surface area (Å²) in [6.07, 6.45) is 2.31. The minimum Gasteiger partial charge on any atom is -0.507 e. The predicted molar refractivity (Wildman–Crippen MR) is 144 cm³/mol. The molecule has 3 aliphatic carbocycles. The molecule has 1 fully saturated rings. The molecule has 4 atom stereocenters. The minimum absolute atomic E-state index is 0.0711. The van der Waals surface area contributed by atoms with Gasteiger partial charge in [0, 0.05) is 34.3 Å². The van der Waals surface area contributed by atoms with Crippen molar-refractivity contribution in [3.63, 3.8) is 0 Å². The molecule has 9 nitrogen and oxygen atoms in total. The molecular weight excluding hydrogens is 526 g/mol. The monoisotopic (exact) mass is 553 g/mol. The number of rotatable bonds is 4. The fourth-order valence-corrected chi connectivity index (χ4v) is 6.61. The third-order valence-electron chi connectivity index (χ3n) is 8.48. The van der Waals surface area contributed by atoms with Crippen LogP contribution in [-0.4, -0.2) is 46.6 Å². The van der Waals surface area contributed by atoms with Crippen LogP contribution in [-0.2, 0) is 30.5 Å². The zero-order valence-corrected chi connectivity index (χ0v) is 22.5. The van der Waals surface area contributed by atoms with E-state index in [1.807, 2.05) is 36.4 Å². The van der Waals surface area contributed by atoms with E-state index in [0.717, 1.165) is 12.7 Å². The van der Waals surface area contributed by atoms with Gasteiger partial charge in [0.25, 0.3) is 0 Å². The van der Waals surface area contributed by atoms with Crippen LogP contribution in [0.25, 0.3) is 0 Å². The second kappa shape index (κ2) is 9.99. The van der Waals surface area contributed by atoms with Gasteiger partial charge in [-0.15, -0.1) is 0 Å². The van der Waals surface area contributed by atoms with Crippen molar-refractivity contribution < 1.29 is 38.6 Å². The van der Waals surface area contributed by atoms with E-state index in [1.165, 1.54) is 12.1 Å². The highest BCUT2D eigenvalue weighted by Gasteiger charge is 2.58. The van der Waals surface area contributed by atoms with Gasteiger partial charge in [-0.1, -0.05) is 48.0 Å². The summed E-state index contributed by atoms with van der Waals surface area (Å²) >= 11 is 0. The Hall–Kier alpha value is -4.79. The van der Waals surface area contributed by atoms with Gasteiger partial charge in [0.05, 0.1) is 18.9 Å². The summed E-state index contributed by atoms with van der Waals surface area (Å²) in [7, 11) is 1.10. The molecule has 4 aliphatic rings. The highest BCUT2D eigenvalue weighted by molar-refractivity contribution is 6.24. The Morgan fingerprint density at radius 1 is 1.02 bits per heavy atom. The normalized spacial score (nSPS) is 25.3. The van der Waals surface area contributed by atoms with Crippen LogP contribution in [0.5, 0.6) is 11.5 Å². The zero-order valence-electron chi connectivity index (χ0n) is 22.5. The first kappa shape index (κ1) is 26.4. The first-order valence-electron chi connectivity index (χ1n) is 13.4. The molecule has 2 aromatic rings. The van der Waals surface area contributed by atoms with Crippen molar-refractivity contribution in [1.82, 2.24) is 4.90 Å². The number of carbonyl (C=O) groups excluding carboxylic acids is 5. The summed E-state index contributed by atoms with van der Waals surface area (Å²) in [5.74, 6) is -4.80. The summed E-state index contributed by atoms with van der Waals surface area (Å²) < 4.78 is 10.5. The van der Waals surface area contributed by atoms with Crippen molar-refractivity contribution in [2.24, 2.45) is 17.8 Å². The van der Waals surface area contributed by atoms with E-state index in [4.69, 9.17) is 4.74 Å². The molecule has 1 N–H and O–H groups in total. The number of amides is 3. The number of benzene rings is 2. The largest absolute Gasteiger partial charge is 0.507 e. The summed E-state index contributed by atoms with van der Waals surface area (Å²) in [5.41, 5.74) is 2.81. The third kappa shape index (κ3) is 4.20. The van der Waals surface area contributed by atoms with Crippen LogP contribution in [0.4, 0.5) is 4.79 Å². The maximum atomic E-state index is 13.5. The number of fused-ring (bicyclic) bond motifs is 3. The van der Waals surface area contributed by atoms with Gasteiger partial charge in [0.15, 0.2) is 11.6 Å². The molecule has 1 heterocycles. The SMILES string of the molecule is COC(=O)N1C(=O)[C@H]2[C@H](CC=C3[C@H](c4ccc(OCc5ccccc5)cc4O)C4=C(C[C@H]32)C(=O)C(C)=CC4=O)C1=O. The Balaban J connectivity index is 1.41. The van der Waals surface area contributed by atoms with Gasteiger partial charge in [-0.05, 0) is 43.4 Å². The third-order valence-corrected chi connectivity index (χ3v) is 8.48. The average molecular weight is 554 g/mol. The van der Waals surface area contributed by atoms with Gasteiger partial charge >= 0.3 is 6.09 Å². The lowest BCUT2D eigenvalue weighted by Crippen LogP contribution is -2.40. The number of methoxy groups -OCH3 is 1. The molecule has 3 amide bonds. The fraction of sp³-hybridized carbons (Fsp3) is 0.281. The molecule has 0 bridgehead atoms. The van der Waals surface area contributed by atoms with Crippen molar-refractivity contribution in [1.29, 1.82) is 0 Å². The van der Waals surface area contributed by atoms with Gasteiger partial charge in [-0.25, -0.2) is 4.79 Å². The van der Waals surface area contributed by atoms with Gasteiger partial charge in [0.2, 0.25) is 11.8 Å². The van der Waals surface area contributed by atoms with Crippen LogP contribution in [0.15, 0.2) is 83.0 Å². The number of imide groups is 3. The Labute approximate surface area is 235 Å². The Kier molecular flexibility index (Phi) is 6.44. The minimum atomic E-state index is -1.05. The Bertz CT molecular complexity index is 1620. The van der Waals surface area contributed by atoms with Crippen molar-refractivity contribution in [3.8, 4) is 11.5 Å². The van der Waals surface area contributed by atoms with Crippen LogP contribution in [0.3, 0.4) is 0 Å². The molecule has 9 heteroatoms. The van der Waals surface area contributed by atoms with E-state index in [9.17, 15) is 29.1 Å². The molecule has 0 unspecified atom stereocenters. The van der Waals surface area contributed by atoms with E-state index in [1.54, 1.807) is 19.1 Å². The summed E-state index contributed by atoms with van der Waals surface area (Å²) in [4.78, 5) is 66.1. The lowest BCUT2D eigenvalue weighted by molar-refractivity contribution is -0.137. The summed E-state index contributed by atoms with van der Waals surface area (Å²) in [6.45, 7) is 1.85. The Morgan fingerprint density at radius 3 is 2.49 bits per heavy atom. The van der Waals surface area contributed by atoms with Crippen molar-refractivity contribution in [2.45, 2.75) is 32.3 Å². The quantitative estimate of drug-likeness (QED) is 0.340. The molecule has 6 rings (SSSR count). The molecule has 0 radical (unpaired) electrons. The topological polar surface area (TPSA) is 127 Å². The smallest absolute Gasteiger partial charge is 0.423 e. The first-order valence-corrected chi connectivity index (χ1v) is 13.4. The van der Waals surface area contributed by atoms with Crippen LogP contribution < -0.4 is 4.74 Å². The number of likely N-dealkylation sites (tertiary alicyclic amines) is 1. The molecule has 0 saturated carbocycles. The molecule has 0 spiro atoms. The summed E-state index contributed by atoms with van der Waals surface area (Å²) in [5, 5.41) is 11.2. The second-order valence-corrected chi connectivity index (χ2v) is 10.7. The molecule has 1 aliphatic heterocycles. The lowest BCUT2D eigenvalue weighted by atomic mass is 9.59. The van der Waals surface area contributed by atoms with E-state index in [0.29, 0.717) is 28.4 Å². The number of phenols is 1. The number of ether oxygens (including phenoxy) is 2. The predicted octanol–water partition coefficient (Wildman–Crippen LogP) is 4.17. The molecule has 1 saturated heterocycles. The van der Waals surface area contributed by atoms with Crippen LogP contribution in [0.2, 0.25) is 0 Å². The summed E-state index contributed by atoms with van der Waals surface area (Å²) in [6, 6.07) is 14.4. The van der Waals surface area contributed by atoms with Crippen LogP contribution >= 0.6 is 0 Å². The lowest BCUT2D eigenvalue weighted by Gasteiger charge is -2.42. The number of carbonyl (C=O) groups is 5. The number of hydrogen-bond acceptors (Lipinski definition) is 8. The Morgan fingerprint density at radius 2 is 1.78 bits per heavy atom. The highest BCUT2D eigenvalue weighted by atomic mass is 16.5. The number of phenolic OH excluding ortho intramolecular Hbond substituents is 1. The number of ketones is 2. The van der Waals surface area contributed by atoms with Crippen molar-refractivity contribution in [3.05, 3.63) is 94.1 Å². The average Bonchev–Trinajstić information content (AvgIpc) is 3.23. The maximum absolute atomic E-state index is 13.5. The van der Waals surface area contributed by atoms with Gasteiger partial charge in [0.1, 0.15) is 18.1 Å². The maximum Gasteiger partial charge on any atom is 0.423 e.